The molecule has 0 aliphatic heterocycles. The lowest BCUT2D eigenvalue weighted by Gasteiger charge is -2.25. The van der Waals surface area contributed by atoms with Gasteiger partial charge in [-0.2, -0.15) is 0 Å². The number of benzene rings is 1. The summed E-state index contributed by atoms with van der Waals surface area (Å²) in [6.45, 7) is 8.26. The number of rotatable bonds is 9. The second kappa shape index (κ2) is 10.8. The lowest BCUT2D eigenvalue weighted by Crippen LogP contribution is -2.45. The van der Waals surface area contributed by atoms with Crippen LogP contribution in [-0.4, -0.2) is 37.1 Å². The Labute approximate surface area is 161 Å². The Balaban J connectivity index is 1.78. The average Bonchev–Trinajstić information content (AvgIpc) is 3.12. The zero-order chi connectivity index (χ0) is 18.8. The largest absolute Gasteiger partial charge is 0.380 e. The molecule has 0 fully saturated rings. The minimum Gasteiger partial charge on any atom is -0.380 e. The molecule has 2 aromatic rings. The molecule has 0 aliphatic carbocycles. The summed E-state index contributed by atoms with van der Waals surface area (Å²) in [5.74, 6) is 1.33. The van der Waals surface area contributed by atoms with Gasteiger partial charge in [-0.15, -0.1) is 11.3 Å². The van der Waals surface area contributed by atoms with Crippen molar-refractivity contribution in [1.29, 1.82) is 0 Å². The number of thiazole rings is 1. The first kappa shape index (κ1) is 20.2. The van der Waals surface area contributed by atoms with Crippen molar-refractivity contribution in [2.45, 2.75) is 39.7 Å². The van der Waals surface area contributed by atoms with Gasteiger partial charge in [-0.05, 0) is 24.5 Å². The summed E-state index contributed by atoms with van der Waals surface area (Å²) >= 11 is 1.79. The van der Waals surface area contributed by atoms with Crippen LogP contribution in [0.4, 0.5) is 5.69 Å². The van der Waals surface area contributed by atoms with Crippen molar-refractivity contribution >= 4 is 23.0 Å². The maximum Gasteiger partial charge on any atom is 0.191 e. The highest BCUT2D eigenvalue weighted by Gasteiger charge is 2.13. The second-order valence-corrected chi connectivity index (χ2v) is 7.76. The van der Waals surface area contributed by atoms with Gasteiger partial charge < -0.3 is 16.0 Å². The van der Waals surface area contributed by atoms with Crippen LogP contribution in [0.1, 0.15) is 30.7 Å². The molecule has 1 heterocycles. The van der Waals surface area contributed by atoms with Crippen molar-refractivity contribution < 1.29 is 0 Å². The summed E-state index contributed by atoms with van der Waals surface area (Å²) in [6, 6.07) is 10.7. The van der Waals surface area contributed by atoms with Crippen molar-refractivity contribution in [1.82, 2.24) is 15.6 Å². The molecule has 0 saturated carbocycles. The van der Waals surface area contributed by atoms with Crippen molar-refractivity contribution in [3.8, 4) is 0 Å². The number of para-hydroxylation sites is 1. The van der Waals surface area contributed by atoms with E-state index in [1.165, 1.54) is 9.88 Å². The minimum atomic E-state index is 0.321. The highest BCUT2D eigenvalue weighted by atomic mass is 32.1. The number of aryl methyl sites for hydroxylation is 1. The van der Waals surface area contributed by atoms with Gasteiger partial charge in [-0.3, -0.25) is 4.99 Å². The third-order valence-corrected chi connectivity index (χ3v) is 5.43. The summed E-state index contributed by atoms with van der Waals surface area (Å²) in [4.78, 5) is 10.1. The number of hydrogen-bond donors (Lipinski definition) is 3. The summed E-state index contributed by atoms with van der Waals surface area (Å²) in [5.41, 5.74) is 1.14. The Hall–Kier alpha value is -2.08. The van der Waals surface area contributed by atoms with Gasteiger partial charge in [0.25, 0.3) is 0 Å². The molecule has 1 atom stereocenters. The normalized spacial score (nSPS) is 12.9. The highest BCUT2D eigenvalue weighted by Crippen LogP contribution is 2.13. The van der Waals surface area contributed by atoms with Gasteiger partial charge in [-0.1, -0.05) is 39.0 Å². The molecule has 0 spiro atoms. The van der Waals surface area contributed by atoms with Crippen LogP contribution in [0.15, 0.2) is 41.5 Å². The van der Waals surface area contributed by atoms with E-state index in [0.29, 0.717) is 12.0 Å². The van der Waals surface area contributed by atoms with Gasteiger partial charge in [0.2, 0.25) is 0 Å². The van der Waals surface area contributed by atoms with E-state index in [0.717, 1.165) is 37.6 Å². The fourth-order valence-electron chi connectivity index (χ4n) is 2.54. The zero-order valence-electron chi connectivity index (χ0n) is 16.2. The Bertz CT molecular complexity index is 666. The van der Waals surface area contributed by atoms with E-state index in [9.17, 15) is 0 Å². The van der Waals surface area contributed by atoms with Crippen LogP contribution in [0.3, 0.4) is 0 Å². The molecule has 1 aromatic carbocycles. The predicted octanol–water partition coefficient (Wildman–Crippen LogP) is 3.55. The Morgan fingerprint density at radius 2 is 1.96 bits per heavy atom. The van der Waals surface area contributed by atoms with Crippen LogP contribution >= 0.6 is 11.3 Å². The average molecular weight is 374 g/mol. The van der Waals surface area contributed by atoms with Crippen molar-refractivity contribution in [3.05, 3.63) is 46.4 Å². The number of guanidine groups is 1. The molecule has 2 rings (SSSR count). The summed E-state index contributed by atoms with van der Waals surface area (Å²) < 4.78 is 0. The van der Waals surface area contributed by atoms with Crippen LogP contribution in [0.5, 0.6) is 0 Å². The summed E-state index contributed by atoms with van der Waals surface area (Å²) in [5, 5.41) is 11.6. The molecule has 0 bridgehead atoms. The first-order valence-corrected chi connectivity index (χ1v) is 10.1. The van der Waals surface area contributed by atoms with Crippen LogP contribution in [0.2, 0.25) is 0 Å². The first-order valence-electron chi connectivity index (χ1n) is 9.32. The molecule has 1 unspecified atom stereocenters. The van der Waals surface area contributed by atoms with Crippen LogP contribution in [0, 0.1) is 5.92 Å². The van der Waals surface area contributed by atoms with E-state index in [2.05, 4.69) is 71.0 Å². The molecule has 0 radical (unpaired) electrons. The zero-order valence-corrected chi connectivity index (χ0v) is 17.1. The Kier molecular flexibility index (Phi) is 8.41. The SMILES string of the molecule is CCc1cnc(CCNC(=NC)NCC(Nc2ccccc2)C(C)C)s1. The van der Waals surface area contributed by atoms with Gasteiger partial charge in [0.15, 0.2) is 5.96 Å². The van der Waals surface area contributed by atoms with Crippen LogP contribution in [0.25, 0.3) is 0 Å². The van der Waals surface area contributed by atoms with Gasteiger partial charge in [-0.25, -0.2) is 4.98 Å². The molecule has 142 valence electrons. The maximum absolute atomic E-state index is 4.46. The molecule has 0 aliphatic rings. The third kappa shape index (κ3) is 6.67. The van der Waals surface area contributed by atoms with E-state index >= 15 is 0 Å². The lowest BCUT2D eigenvalue weighted by molar-refractivity contribution is 0.512. The maximum atomic E-state index is 4.46. The second-order valence-electron chi connectivity index (χ2n) is 6.56. The summed E-state index contributed by atoms with van der Waals surface area (Å²) in [7, 11) is 1.81. The number of anilines is 1. The van der Waals surface area contributed by atoms with Gasteiger partial charge in [0.1, 0.15) is 0 Å². The third-order valence-electron chi connectivity index (χ3n) is 4.22. The molecule has 26 heavy (non-hydrogen) atoms. The molecule has 6 heteroatoms. The van der Waals surface area contributed by atoms with Crippen molar-refractivity contribution in [2.24, 2.45) is 10.9 Å². The molecule has 5 nitrogen and oxygen atoms in total. The molecule has 3 N–H and O–H groups in total. The van der Waals surface area contributed by atoms with E-state index in [1.54, 1.807) is 11.3 Å². The summed E-state index contributed by atoms with van der Waals surface area (Å²) in [6.07, 6.45) is 3.95. The topological polar surface area (TPSA) is 61.3 Å². The smallest absolute Gasteiger partial charge is 0.191 e. The monoisotopic (exact) mass is 373 g/mol. The minimum absolute atomic E-state index is 0.321. The highest BCUT2D eigenvalue weighted by molar-refractivity contribution is 7.11. The van der Waals surface area contributed by atoms with E-state index in [4.69, 9.17) is 0 Å². The Morgan fingerprint density at radius 3 is 2.58 bits per heavy atom. The fraction of sp³-hybridized carbons (Fsp3) is 0.500. The molecule has 1 aromatic heterocycles. The van der Waals surface area contributed by atoms with E-state index in [1.807, 2.05) is 19.3 Å². The van der Waals surface area contributed by atoms with Gasteiger partial charge in [0.05, 0.1) is 5.01 Å². The van der Waals surface area contributed by atoms with E-state index < -0.39 is 0 Å². The quantitative estimate of drug-likeness (QED) is 0.465. The van der Waals surface area contributed by atoms with Crippen molar-refractivity contribution in [3.63, 3.8) is 0 Å². The standard InChI is InChI=1S/C20H31N5S/c1-5-17-13-23-19(26-17)11-12-22-20(21-4)24-14-18(15(2)3)25-16-9-7-6-8-10-16/h6-10,13,15,18,25H,5,11-12,14H2,1-4H3,(H2,21,22,24). The Morgan fingerprint density at radius 1 is 1.19 bits per heavy atom. The number of aromatic nitrogens is 1. The molecular weight excluding hydrogens is 342 g/mol. The van der Waals surface area contributed by atoms with Crippen molar-refractivity contribution in [2.75, 3.05) is 25.5 Å². The number of hydrogen-bond acceptors (Lipinski definition) is 4. The molecular formula is C20H31N5S. The van der Waals surface area contributed by atoms with Gasteiger partial charge >= 0.3 is 0 Å². The fourth-order valence-corrected chi connectivity index (χ4v) is 3.41. The number of nitrogens with zero attached hydrogens (tertiary/aromatic N) is 2. The number of nitrogens with one attached hydrogen (secondary N) is 3. The lowest BCUT2D eigenvalue weighted by atomic mass is 10.0. The number of aliphatic imine (C=N–C) groups is 1. The molecule has 0 amide bonds. The first-order chi connectivity index (χ1) is 12.6. The van der Waals surface area contributed by atoms with Crippen LogP contribution in [-0.2, 0) is 12.8 Å². The van der Waals surface area contributed by atoms with Gasteiger partial charge in [0, 0.05) is 49.4 Å². The van der Waals surface area contributed by atoms with Crippen LogP contribution < -0.4 is 16.0 Å². The predicted molar refractivity (Wildman–Crippen MR) is 113 cm³/mol. The van der Waals surface area contributed by atoms with E-state index in [-0.39, 0.29) is 0 Å². The molecule has 0 saturated heterocycles.